The standard InChI is InChI=1S/C13H19F3N2/c1-12(2,17)7-4-8-18-11-6-3-5-10(9-11)13(14,15)16/h3,5-6,9,18H,4,7-8,17H2,1-2H3. The number of halogens is 3. The summed E-state index contributed by atoms with van der Waals surface area (Å²) in [6.07, 6.45) is -2.66. The van der Waals surface area contributed by atoms with Crippen LogP contribution in [0.2, 0.25) is 0 Å². The molecule has 0 heterocycles. The Hall–Kier alpha value is -1.23. The van der Waals surface area contributed by atoms with Crippen molar-refractivity contribution < 1.29 is 13.2 Å². The summed E-state index contributed by atoms with van der Waals surface area (Å²) in [6, 6.07) is 5.21. The number of hydrogen-bond acceptors (Lipinski definition) is 2. The Bertz CT molecular complexity index is 381. The number of nitrogens with one attached hydrogen (secondary N) is 1. The van der Waals surface area contributed by atoms with E-state index in [2.05, 4.69) is 5.32 Å². The maximum atomic E-state index is 12.5. The summed E-state index contributed by atoms with van der Waals surface area (Å²) < 4.78 is 37.4. The highest BCUT2D eigenvalue weighted by Gasteiger charge is 2.30. The van der Waals surface area contributed by atoms with Gasteiger partial charge in [0.25, 0.3) is 0 Å². The minimum absolute atomic E-state index is 0.241. The lowest BCUT2D eigenvalue weighted by Crippen LogP contribution is -2.32. The van der Waals surface area contributed by atoms with Crippen LogP contribution in [-0.4, -0.2) is 12.1 Å². The van der Waals surface area contributed by atoms with Crippen LogP contribution in [-0.2, 0) is 6.18 Å². The molecule has 2 nitrogen and oxygen atoms in total. The van der Waals surface area contributed by atoms with E-state index in [0.717, 1.165) is 25.0 Å². The molecule has 0 radical (unpaired) electrons. The van der Waals surface area contributed by atoms with E-state index in [1.165, 1.54) is 6.07 Å². The molecule has 1 aromatic carbocycles. The first kappa shape index (κ1) is 14.8. The quantitative estimate of drug-likeness (QED) is 0.793. The molecule has 0 unspecified atom stereocenters. The monoisotopic (exact) mass is 260 g/mol. The molecule has 0 aromatic heterocycles. The number of rotatable bonds is 5. The minimum atomic E-state index is -4.29. The van der Waals surface area contributed by atoms with Gasteiger partial charge in [-0.3, -0.25) is 0 Å². The maximum Gasteiger partial charge on any atom is 0.416 e. The predicted molar refractivity (Wildman–Crippen MR) is 67.4 cm³/mol. The first-order valence-corrected chi connectivity index (χ1v) is 5.88. The molecule has 0 fully saturated rings. The molecule has 0 aliphatic carbocycles. The average molecular weight is 260 g/mol. The van der Waals surface area contributed by atoms with Crippen LogP contribution >= 0.6 is 0 Å². The Kier molecular flexibility index (Phi) is 4.62. The number of hydrogen-bond donors (Lipinski definition) is 2. The van der Waals surface area contributed by atoms with Crippen molar-refractivity contribution in [1.82, 2.24) is 0 Å². The van der Waals surface area contributed by atoms with Crippen LogP contribution in [0.3, 0.4) is 0 Å². The van der Waals surface area contributed by atoms with Gasteiger partial charge in [0.05, 0.1) is 5.56 Å². The van der Waals surface area contributed by atoms with Crippen molar-refractivity contribution in [2.45, 2.75) is 38.4 Å². The SMILES string of the molecule is CC(C)(N)CCCNc1cccc(C(F)(F)F)c1. The smallest absolute Gasteiger partial charge is 0.385 e. The fraction of sp³-hybridized carbons (Fsp3) is 0.538. The summed E-state index contributed by atoms with van der Waals surface area (Å²) in [5, 5.41) is 2.97. The molecule has 102 valence electrons. The Balaban J connectivity index is 2.49. The van der Waals surface area contributed by atoms with Crippen LogP contribution < -0.4 is 11.1 Å². The molecular weight excluding hydrogens is 241 g/mol. The second-order valence-corrected chi connectivity index (χ2v) is 5.10. The van der Waals surface area contributed by atoms with E-state index >= 15 is 0 Å². The van der Waals surface area contributed by atoms with E-state index in [1.54, 1.807) is 6.07 Å². The molecule has 0 aliphatic rings. The van der Waals surface area contributed by atoms with Crippen molar-refractivity contribution in [3.63, 3.8) is 0 Å². The predicted octanol–water partition coefficient (Wildman–Crippen LogP) is 3.63. The van der Waals surface area contributed by atoms with Gasteiger partial charge in [0, 0.05) is 17.8 Å². The number of alkyl halides is 3. The first-order chi connectivity index (χ1) is 8.18. The fourth-order valence-corrected chi connectivity index (χ4v) is 1.58. The Morgan fingerprint density at radius 3 is 2.44 bits per heavy atom. The van der Waals surface area contributed by atoms with E-state index in [4.69, 9.17) is 5.73 Å². The van der Waals surface area contributed by atoms with Crippen molar-refractivity contribution in [1.29, 1.82) is 0 Å². The highest BCUT2D eigenvalue weighted by atomic mass is 19.4. The normalized spacial score (nSPS) is 12.6. The lowest BCUT2D eigenvalue weighted by Gasteiger charge is -2.18. The van der Waals surface area contributed by atoms with Gasteiger partial charge < -0.3 is 11.1 Å². The van der Waals surface area contributed by atoms with Crippen LogP contribution in [0.15, 0.2) is 24.3 Å². The van der Waals surface area contributed by atoms with Crippen molar-refractivity contribution in [2.75, 3.05) is 11.9 Å². The Morgan fingerprint density at radius 1 is 1.22 bits per heavy atom. The lowest BCUT2D eigenvalue weighted by atomic mass is 10.0. The van der Waals surface area contributed by atoms with E-state index in [0.29, 0.717) is 12.2 Å². The summed E-state index contributed by atoms with van der Waals surface area (Å²) >= 11 is 0. The molecule has 1 rings (SSSR count). The molecule has 0 atom stereocenters. The van der Waals surface area contributed by atoms with Crippen LogP contribution in [0.1, 0.15) is 32.3 Å². The zero-order valence-electron chi connectivity index (χ0n) is 10.6. The summed E-state index contributed by atoms with van der Waals surface area (Å²) in [5.74, 6) is 0. The van der Waals surface area contributed by atoms with Crippen LogP contribution in [0.4, 0.5) is 18.9 Å². The van der Waals surface area contributed by atoms with Gasteiger partial charge in [-0.2, -0.15) is 13.2 Å². The fourth-order valence-electron chi connectivity index (χ4n) is 1.58. The van der Waals surface area contributed by atoms with Gasteiger partial charge in [-0.05, 0) is 44.9 Å². The van der Waals surface area contributed by atoms with E-state index < -0.39 is 11.7 Å². The van der Waals surface area contributed by atoms with E-state index in [-0.39, 0.29) is 5.54 Å². The molecule has 0 saturated carbocycles. The summed E-state index contributed by atoms with van der Waals surface area (Å²) in [4.78, 5) is 0. The van der Waals surface area contributed by atoms with Crippen LogP contribution in [0.25, 0.3) is 0 Å². The lowest BCUT2D eigenvalue weighted by molar-refractivity contribution is -0.137. The van der Waals surface area contributed by atoms with Gasteiger partial charge in [-0.15, -0.1) is 0 Å². The zero-order valence-corrected chi connectivity index (χ0v) is 10.6. The molecule has 18 heavy (non-hydrogen) atoms. The molecule has 0 amide bonds. The highest BCUT2D eigenvalue weighted by molar-refractivity contribution is 5.46. The van der Waals surface area contributed by atoms with Crippen LogP contribution in [0, 0.1) is 0 Å². The summed E-state index contributed by atoms with van der Waals surface area (Å²) in [6.45, 7) is 4.47. The van der Waals surface area contributed by atoms with Gasteiger partial charge in [0.1, 0.15) is 0 Å². The van der Waals surface area contributed by atoms with Gasteiger partial charge >= 0.3 is 6.18 Å². The third kappa shape index (κ3) is 5.40. The van der Waals surface area contributed by atoms with E-state index in [9.17, 15) is 13.2 Å². The highest BCUT2D eigenvalue weighted by Crippen LogP contribution is 2.30. The number of benzene rings is 1. The minimum Gasteiger partial charge on any atom is -0.385 e. The number of nitrogens with two attached hydrogens (primary N) is 1. The molecule has 0 aliphatic heterocycles. The third-order valence-electron chi connectivity index (χ3n) is 2.52. The second kappa shape index (κ2) is 5.61. The van der Waals surface area contributed by atoms with Crippen molar-refractivity contribution in [3.05, 3.63) is 29.8 Å². The van der Waals surface area contributed by atoms with Gasteiger partial charge in [-0.25, -0.2) is 0 Å². The van der Waals surface area contributed by atoms with Crippen LogP contribution in [0.5, 0.6) is 0 Å². The molecule has 1 aromatic rings. The molecule has 0 bridgehead atoms. The molecule has 0 spiro atoms. The average Bonchev–Trinajstić information content (AvgIpc) is 2.22. The number of anilines is 1. The third-order valence-corrected chi connectivity index (χ3v) is 2.52. The molecule has 3 N–H and O–H groups in total. The molecule has 5 heteroatoms. The summed E-state index contributed by atoms with van der Waals surface area (Å²) in [5.41, 5.74) is 5.43. The van der Waals surface area contributed by atoms with Gasteiger partial charge in [-0.1, -0.05) is 6.07 Å². The van der Waals surface area contributed by atoms with Gasteiger partial charge in [0.15, 0.2) is 0 Å². The van der Waals surface area contributed by atoms with Gasteiger partial charge in [0.2, 0.25) is 0 Å². The largest absolute Gasteiger partial charge is 0.416 e. The van der Waals surface area contributed by atoms with Crippen molar-refractivity contribution >= 4 is 5.69 Å². The van der Waals surface area contributed by atoms with Crippen molar-refractivity contribution in [2.24, 2.45) is 5.73 Å². The second-order valence-electron chi connectivity index (χ2n) is 5.10. The summed E-state index contributed by atoms with van der Waals surface area (Å²) in [7, 11) is 0. The topological polar surface area (TPSA) is 38.0 Å². The van der Waals surface area contributed by atoms with E-state index in [1.807, 2.05) is 13.8 Å². The Morgan fingerprint density at radius 2 is 1.89 bits per heavy atom. The first-order valence-electron chi connectivity index (χ1n) is 5.88. The molecular formula is C13H19F3N2. The Labute approximate surface area is 105 Å². The zero-order chi connectivity index (χ0) is 13.8. The molecule has 0 saturated heterocycles. The van der Waals surface area contributed by atoms with Crippen molar-refractivity contribution in [3.8, 4) is 0 Å². The maximum absolute atomic E-state index is 12.5.